The topological polar surface area (TPSA) is 65.6 Å². The first-order valence-corrected chi connectivity index (χ1v) is 4.64. The van der Waals surface area contributed by atoms with Crippen molar-refractivity contribution in [3.8, 4) is 0 Å². The molecule has 14 heavy (non-hydrogen) atoms. The van der Waals surface area contributed by atoms with E-state index in [4.69, 9.17) is 0 Å². The van der Waals surface area contributed by atoms with Crippen LogP contribution in [0.1, 0.15) is 0 Å². The predicted molar refractivity (Wildman–Crippen MR) is 54.8 cm³/mol. The van der Waals surface area contributed by atoms with Crippen molar-refractivity contribution in [3.63, 3.8) is 0 Å². The molecule has 0 atom stereocenters. The summed E-state index contributed by atoms with van der Waals surface area (Å²) in [5.74, 6) is 0. The number of H-pyrrole nitrogens is 1. The van der Waals surface area contributed by atoms with Gasteiger partial charge < -0.3 is 10.6 Å². The molecule has 1 aromatic heterocycles. The lowest BCUT2D eigenvalue weighted by atomic mass is 10.3. The number of para-hydroxylation sites is 2. The van der Waals surface area contributed by atoms with Gasteiger partial charge in [-0.1, -0.05) is 12.1 Å². The zero-order chi connectivity index (χ0) is 9.64. The number of nitrogens with zero attached hydrogens (tertiary/aromatic N) is 2. The van der Waals surface area contributed by atoms with Crippen molar-refractivity contribution in [1.82, 2.24) is 26.0 Å². The number of benzene rings is 1. The number of nitrogens with one attached hydrogen (secondary N) is 3. The van der Waals surface area contributed by atoms with Crippen LogP contribution in [0.4, 0.5) is 0 Å². The van der Waals surface area contributed by atoms with Crippen LogP contribution < -0.4 is 10.6 Å². The van der Waals surface area contributed by atoms with E-state index in [1.807, 2.05) is 24.3 Å². The highest BCUT2D eigenvalue weighted by molar-refractivity contribution is 5.72. The SMILES string of the molecule is C1CNCN1.c1ccc2n[nH]nc2c1. The molecule has 74 valence electrons. The molecule has 0 spiro atoms. The maximum absolute atomic E-state index is 3.88. The van der Waals surface area contributed by atoms with Crippen LogP contribution in [-0.2, 0) is 0 Å². The lowest BCUT2D eigenvalue weighted by Crippen LogP contribution is -2.11. The first kappa shape index (κ1) is 9.11. The fourth-order valence-electron chi connectivity index (χ4n) is 1.23. The van der Waals surface area contributed by atoms with Crippen LogP contribution in [0.15, 0.2) is 24.3 Å². The molecule has 2 aromatic rings. The van der Waals surface area contributed by atoms with E-state index in [1.165, 1.54) is 0 Å². The lowest BCUT2D eigenvalue weighted by Gasteiger charge is -1.78. The third-order valence-corrected chi connectivity index (χ3v) is 1.95. The van der Waals surface area contributed by atoms with Gasteiger partial charge in [0.25, 0.3) is 0 Å². The third kappa shape index (κ3) is 2.27. The molecule has 2 heterocycles. The zero-order valence-electron chi connectivity index (χ0n) is 7.83. The molecule has 5 nitrogen and oxygen atoms in total. The fourth-order valence-corrected chi connectivity index (χ4v) is 1.23. The summed E-state index contributed by atoms with van der Waals surface area (Å²) in [5, 5.41) is 16.5. The second-order valence-corrected chi connectivity index (χ2v) is 2.99. The van der Waals surface area contributed by atoms with Gasteiger partial charge in [-0.2, -0.15) is 15.4 Å². The Bertz CT molecular complexity index is 341. The Morgan fingerprint density at radius 3 is 1.93 bits per heavy atom. The molecular weight excluding hydrogens is 178 g/mol. The molecule has 1 aliphatic heterocycles. The summed E-state index contributed by atoms with van der Waals surface area (Å²) in [6.07, 6.45) is 0. The molecule has 1 aromatic carbocycles. The summed E-state index contributed by atoms with van der Waals surface area (Å²) >= 11 is 0. The molecule has 0 amide bonds. The maximum atomic E-state index is 3.88. The van der Waals surface area contributed by atoms with Gasteiger partial charge in [-0.3, -0.25) is 0 Å². The van der Waals surface area contributed by atoms with Crippen molar-refractivity contribution < 1.29 is 0 Å². The largest absolute Gasteiger partial charge is 0.303 e. The van der Waals surface area contributed by atoms with Crippen molar-refractivity contribution in [1.29, 1.82) is 0 Å². The third-order valence-electron chi connectivity index (χ3n) is 1.95. The minimum atomic E-state index is 0.914. The Hall–Kier alpha value is -1.46. The first-order valence-electron chi connectivity index (χ1n) is 4.64. The van der Waals surface area contributed by atoms with Gasteiger partial charge in [-0.15, -0.1) is 0 Å². The Kier molecular flexibility index (Phi) is 3.05. The van der Waals surface area contributed by atoms with Gasteiger partial charge in [0.2, 0.25) is 0 Å². The number of aromatic nitrogens is 3. The molecule has 1 saturated heterocycles. The molecule has 3 N–H and O–H groups in total. The smallest absolute Gasteiger partial charge is 0.112 e. The Balaban J connectivity index is 0.000000128. The van der Waals surface area contributed by atoms with E-state index in [0.29, 0.717) is 0 Å². The highest BCUT2D eigenvalue weighted by atomic mass is 15.3. The van der Waals surface area contributed by atoms with E-state index >= 15 is 0 Å². The van der Waals surface area contributed by atoms with Crippen molar-refractivity contribution in [3.05, 3.63) is 24.3 Å². The van der Waals surface area contributed by atoms with E-state index in [-0.39, 0.29) is 0 Å². The van der Waals surface area contributed by atoms with Crippen LogP contribution in [-0.4, -0.2) is 35.2 Å². The van der Waals surface area contributed by atoms with Crippen LogP contribution in [0.5, 0.6) is 0 Å². The van der Waals surface area contributed by atoms with E-state index < -0.39 is 0 Å². The average Bonchev–Trinajstić information content (AvgIpc) is 2.92. The highest BCUT2D eigenvalue weighted by Crippen LogP contribution is 2.03. The van der Waals surface area contributed by atoms with E-state index in [0.717, 1.165) is 30.8 Å². The number of aromatic amines is 1. The van der Waals surface area contributed by atoms with Gasteiger partial charge in [0.1, 0.15) is 11.0 Å². The minimum Gasteiger partial charge on any atom is -0.303 e. The van der Waals surface area contributed by atoms with Crippen LogP contribution in [0.3, 0.4) is 0 Å². The molecule has 1 aliphatic rings. The standard InChI is InChI=1S/C6H5N3.C3H8N2/c1-2-4-6-5(3-1)7-9-8-6;1-2-5-3-4-1/h1-4H,(H,7,8,9);4-5H,1-3H2. The summed E-state index contributed by atoms with van der Waals surface area (Å²) in [4.78, 5) is 0. The van der Waals surface area contributed by atoms with Gasteiger partial charge in [0.15, 0.2) is 0 Å². The van der Waals surface area contributed by atoms with Gasteiger partial charge in [-0.25, -0.2) is 0 Å². The first-order chi connectivity index (χ1) is 6.97. The minimum absolute atomic E-state index is 0.914. The molecule has 5 heteroatoms. The molecule has 0 unspecified atom stereocenters. The Labute approximate surface area is 81.9 Å². The second-order valence-electron chi connectivity index (χ2n) is 2.99. The molecular formula is C9H13N5. The van der Waals surface area contributed by atoms with Crippen LogP contribution >= 0.6 is 0 Å². The Morgan fingerprint density at radius 2 is 1.50 bits per heavy atom. The molecule has 3 rings (SSSR count). The van der Waals surface area contributed by atoms with Crippen molar-refractivity contribution in [2.45, 2.75) is 0 Å². The van der Waals surface area contributed by atoms with Crippen LogP contribution in [0.25, 0.3) is 11.0 Å². The van der Waals surface area contributed by atoms with Crippen LogP contribution in [0, 0.1) is 0 Å². The fraction of sp³-hybridized carbons (Fsp3) is 0.333. The Morgan fingerprint density at radius 1 is 0.929 bits per heavy atom. The number of hydrogen-bond donors (Lipinski definition) is 3. The van der Waals surface area contributed by atoms with Crippen molar-refractivity contribution in [2.75, 3.05) is 19.8 Å². The molecule has 0 saturated carbocycles. The van der Waals surface area contributed by atoms with E-state index in [2.05, 4.69) is 26.0 Å². The summed E-state index contributed by atoms with van der Waals surface area (Å²) in [6.45, 7) is 3.28. The van der Waals surface area contributed by atoms with E-state index in [9.17, 15) is 0 Å². The van der Waals surface area contributed by atoms with Crippen molar-refractivity contribution in [2.24, 2.45) is 0 Å². The summed E-state index contributed by atoms with van der Waals surface area (Å²) in [5.41, 5.74) is 1.83. The number of rotatable bonds is 0. The zero-order valence-corrected chi connectivity index (χ0v) is 7.83. The van der Waals surface area contributed by atoms with Crippen LogP contribution in [0.2, 0.25) is 0 Å². The van der Waals surface area contributed by atoms with Gasteiger partial charge in [-0.05, 0) is 12.1 Å². The summed E-state index contributed by atoms with van der Waals surface area (Å²) in [6, 6.07) is 7.70. The predicted octanol–water partition coefficient (Wildman–Crippen LogP) is 0.0946. The van der Waals surface area contributed by atoms with E-state index in [1.54, 1.807) is 0 Å². The molecule has 0 bridgehead atoms. The number of hydrogen-bond acceptors (Lipinski definition) is 4. The normalized spacial score (nSPS) is 15.1. The number of fused-ring (bicyclic) bond motifs is 1. The molecule has 0 radical (unpaired) electrons. The summed E-state index contributed by atoms with van der Waals surface area (Å²) in [7, 11) is 0. The maximum Gasteiger partial charge on any atom is 0.112 e. The average molecular weight is 191 g/mol. The van der Waals surface area contributed by atoms with Crippen molar-refractivity contribution >= 4 is 11.0 Å². The molecule has 1 fully saturated rings. The lowest BCUT2D eigenvalue weighted by molar-refractivity contribution is 0.807. The quantitative estimate of drug-likeness (QED) is 0.552. The van der Waals surface area contributed by atoms with Gasteiger partial charge in [0.05, 0.1) is 0 Å². The summed E-state index contributed by atoms with van der Waals surface area (Å²) < 4.78 is 0. The van der Waals surface area contributed by atoms with Gasteiger partial charge >= 0.3 is 0 Å². The highest BCUT2D eigenvalue weighted by Gasteiger charge is 1.91. The van der Waals surface area contributed by atoms with Gasteiger partial charge in [0, 0.05) is 19.8 Å². The monoisotopic (exact) mass is 191 g/mol. The molecule has 0 aliphatic carbocycles. The second kappa shape index (κ2) is 4.69.